The molecule has 1 aromatic heterocycles. The van der Waals surface area contributed by atoms with Gasteiger partial charge in [-0.2, -0.15) is 0 Å². The molecule has 2 aromatic carbocycles. The molecule has 1 fully saturated rings. The van der Waals surface area contributed by atoms with E-state index >= 15 is 0 Å². The number of anilines is 1. The average molecular weight is 567 g/mol. The molecule has 3 aromatic rings. The fourth-order valence-electron chi connectivity index (χ4n) is 4.68. The lowest BCUT2D eigenvalue weighted by Crippen LogP contribution is -2.49. The van der Waals surface area contributed by atoms with Gasteiger partial charge in [0.25, 0.3) is 5.91 Å². The molecular formula is C30H42N6O5. The fourth-order valence-corrected chi connectivity index (χ4v) is 4.68. The van der Waals surface area contributed by atoms with Crippen molar-refractivity contribution in [3.63, 3.8) is 0 Å². The number of para-hydroxylation sites is 1. The molecule has 3 N–H and O–H groups in total. The minimum atomic E-state index is -0.593. The van der Waals surface area contributed by atoms with E-state index in [1.165, 1.54) is 4.57 Å². The highest BCUT2D eigenvalue weighted by Crippen LogP contribution is 2.34. The van der Waals surface area contributed by atoms with Crippen LogP contribution in [0.15, 0.2) is 53.3 Å². The van der Waals surface area contributed by atoms with Crippen molar-refractivity contribution in [1.29, 1.82) is 0 Å². The molecule has 0 unspecified atom stereocenters. The van der Waals surface area contributed by atoms with Gasteiger partial charge in [-0.05, 0) is 64.3 Å². The lowest BCUT2D eigenvalue weighted by molar-refractivity contribution is -0.385. The highest BCUT2D eigenvalue weighted by atomic mass is 16.6. The highest BCUT2D eigenvalue weighted by Gasteiger charge is 2.32. The van der Waals surface area contributed by atoms with Crippen molar-refractivity contribution in [1.82, 2.24) is 20.5 Å². The molecule has 2 heterocycles. The summed E-state index contributed by atoms with van der Waals surface area (Å²) in [6, 6.07) is 14.3. The molecular weight excluding hydrogens is 524 g/mol. The number of fused-ring (bicyclic) bond motifs is 1. The minimum Gasteiger partial charge on any atom is -0.497 e. The van der Waals surface area contributed by atoms with Crippen LogP contribution in [0.3, 0.4) is 0 Å². The standard InChI is InChI=1S/C26H31N5O5.C3H4.CH4.H3N/c1-27(2)13-6-14-30-22-8-5-4-7-21(22)23(24(26(30)33)31(34)35)28-15-17-29(18-16-28)25(32)19-9-11-20(36-3)12-10-19;1-3-2;;/h4-5,7-12H,6,13-18H2,1-3H3;1H,2H3;1H4;1H3. The summed E-state index contributed by atoms with van der Waals surface area (Å²) in [5.41, 5.74) is 0.568. The van der Waals surface area contributed by atoms with Crippen LogP contribution in [-0.2, 0) is 6.54 Å². The second-order valence-electron chi connectivity index (χ2n) is 9.38. The number of hydrogen-bond acceptors (Lipinski definition) is 8. The largest absolute Gasteiger partial charge is 0.497 e. The molecule has 0 radical (unpaired) electrons. The van der Waals surface area contributed by atoms with Crippen LogP contribution in [0.5, 0.6) is 5.75 Å². The second kappa shape index (κ2) is 16.0. The summed E-state index contributed by atoms with van der Waals surface area (Å²) in [6.45, 7) is 4.36. The minimum absolute atomic E-state index is 0. The van der Waals surface area contributed by atoms with Gasteiger partial charge in [0.05, 0.1) is 17.5 Å². The van der Waals surface area contributed by atoms with Crippen LogP contribution in [0.2, 0.25) is 0 Å². The number of nitro groups is 1. The number of amides is 1. The molecule has 4 rings (SSSR count). The summed E-state index contributed by atoms with van der Waals surface area (Å²) in [5.74, 6) is 2.82. The van der Waals surface area contributed by atoms with E-state index in [4.69, 9.17) is 4.74 Å². The lowest BCUT2D eigenvalue weighted by atomic mass is 10.1. The topological polar surface area (TPSA) is 136 Å². The van der Waals surface area contributed by atoms with Crippen molar-refractivity contribution in [3.05, 3.63) is 74.6 Å². The van der Waals surface area contributed by atoms with Crippen molar-refractivity contribution in [3.8, 4) is 18.1 Å². The van der Waals surface area contributed by atoms with Gasteiger partial charge in [0.2, 0.25) is 0 Å². The van der Waals surface area contributed by atoms with E-state index < -0.39 is 16.2 Å². The molecule has 1 aliphatic rings. The molecule has 0 saturated carbocycles. The Morgan fingerprint density at radius 1 is 1.10 bits per heavy atom. The Labute approximate surface area is 242 Å². The summed E-state index contributed by atoms with van der Waals surface area (Å²) in [7, 11) is 5.47. The maximum atomic E-state index is 13.4. The van der Waals surface area contributed by atoms with Crippen molar-refractivity contribution >= 4 is 28.2 Å². The van der Waals surface area contributed by atoms with Gasteiger partial charge in [-0.1, -0.05) is 25.6 Å². The summed E-state index contributed by atoms with van der Waals surface area (Å²) >= 11 is 0. The number of terminal acetylenes is 1. The van der Waals surface area contributed by atoms with Crippen LogP contribution in [0, 0.1) is 22.5 Å². The van der Waals surface area contributed by atoms with Gasteiger partial charge >= 0.3 is 11.2 Å². The smallest absolute Gasteiger partial charge is 0.357 e. The molecule has 1 saturated heterocycles. The zero-order valence-electron chi connectivity index (χ0n) is 23.6. The number of ether oxygens (including phenoxy) is 1. The molecule has 1 amide bonds. The molecule has 11 nitrogen and oxygen atoms in total. The van der Waals surface area contributed by atoms with Crippen LogP contribution in [0.4, 0.5) is 11.4 Å². The Kier molecular flexibility index (Phi) is 13.5. The first-order chi connectivity index (χ1) is 18.7. The zero-order valence-corrected chi connectivity index (χ0v) is 23.6. The fraction of sp³-hybridized carbons (Fsp3) is 0.400. The van der Waals surface area contributed by atoms with Gasteiger partial charge in [0, 0.05) is 43.7 Å². The Balaban J connectivity index is 0.00000161. The number of pyridine rings is 1. The summed E-state index contributed by atoms with van der Waals surface area (Å²) in [4.78, 5) is 43.6. The lowest BCUT2D eigenvalue weighted by Gasteiger charge is -2.36. The number of methoxy groups -OCH3 is 1. The van der Waals surface area contributed by atoms with E-state index in [-0.39, 0.29) is 19.5 Å². The van der Waals surface area contributed by atoms with E-state index in [0.29, 0.717) is 67.0 Å². The highest BCUT2D eigenvalue weighted by molar-refractivity contribution is 5.97. The van der Waals surface area contributed by atoms with E-state index in [9.17, 15) is 19.7 Å². The molecule has 1 aliphatic heterocycles. The average Bonchev–Trinajstić information content (AvgIpc) is 2.93. The molecule has 0 bridgehead atoms. The molecule has 0 spiro atoms. The number of hydrogen-bond donors (Lipinski definition) is 1. The second-order valence-corrected chi connectivity index (χ2v) is 9.38. The van der Waals surface area contributed by atoms with Crippen LogP contribution in [-0.4, -0.2) is 79.1 Å². The van der Waals surface area contributed by atoms with E-state index in [1.807, 2.05) is 48.2 Å². The number of rotatable bonds is 8. The van der Waals surface area contributed by atoms with E-state index in [1.54, 1.807) is 43.2 Å². The molecule has 11 heteroatoms. The first-order valence-corrected chi connectivity index (χ1v) is 12.7. The predicted octanol–water partition coefficient (Wildman–Crippen LogP) is 4.27. The third kappa shape index (κ3) is 8.06. The Morgan fingerprint density at radius 3 is 2.22 bits per heavy atom. The number of nitrogens with zero attached hydrogens (tertiary/aromatic N) is 5. The van der Waals surface area contributed by atoms with Crippen molar-refractivity contribution in [2.24, 2.45) is 0 Å². The molecule has 0 aliphatic carbocycles. The number of piperazine rings is 1. The zero-order chi connectivity index (χ0) is 28.5. The number of carbonyl (C=O) groups is 1. The maximum absolute atomic E-state index is 13.4. The van der Waals surface area contributed by atoms with Gasteiger partial charge in [-0.3, -0.25) is 19.7 Å². The van der Waals surface area contributed by atoms with Crippen LogP contribution in [0.25, 0.3) is 10.9 Å². The number of carbonyl (C=O) groups excluding carboxylic acids is 1. The SMILES string of the molecule is C.C#CC.COc1ccc(C(=O)N2CCN(c3c([N+](=O)[O-])c(=O)n(CCCN(C)C)c4ccccc34)CC2)cc1.N. The predicted molar refractivity (Wildman–Crippen MR) is 165 cm³/mol. The number of aryl methyl sites for hydroxylation is 1. The van der Waals surface area contributed by atoms with E-state index in [0.717, 1.165) is 6.54 Å². The number of aromatic nitrogens is 1. The van der Waals surface area contributed by atoms with Crippen LogP contribution < -0.4 is 21.3 Å². The summed E-state index contributed by atoms with van der Waals surface area (Å²) in [5, 5.41) is 12.8. The monoisotopic (exact) mass is 566 g/mol. The maximum Gasteiger partial charge on any atom is 0.357 e. The number of benzene rings is 2. The normalized spacial score (nSPS) is 12.4. The van der Waals surface area contributed by atoms with Gasteiger partial charge in [-0.15, -0.1) is 12.3 Å². The van der Waals surface area contributed by atoms with Crippen molar-refractivity contribution in [2.75, 3.05) is 58.8 Å². The summed E-state index contributed by atoms with van der Waals surface area (Å²) in [6.07, 6.45) is 5.29. The molecule has 222 valence electrons. The van der Waals surface area contributed by atoms with Gasteiger partial charge in [-0.25, -0.2) is 0 Å². The third-order valence-corrected chi connectivity index (χ3v) is 6.51. The van der Waals surface area contributed by atoms with Gasteiger partial charge in [0.15, 0.2) is 0 Å². The van der Waals surface area contributed by atoms with Crippen LogP contribution in [0.1, 0.15) is 31.1 Å². The quantitative estimate of drug-likeness (QED) is 0.243. The first-order valence-electron chi connectivity index (χ1n) is 12.7. The van der Waals surface area contributed by atoms with Gasteiger partial charge in [0.1, 0.15) is 11.4 Å². The molecule has 41 heavy (non-hydrogen) atoms. The Morgan fingerprint density at radius 2 is 1.68 bits per heavy atom. The van der Waals surface area contributed by atoms with Crippen molar-refractivity contribution < 1.29 is 14.5 Å². The van der Waals surface area contributed by atoms with Crippen LogP contribution >= 0.6 is 0 Å². The Bertz CT molecular complexity index is 1400. The Hall–Kier alpha value is -4.40. The van der Waals surface area contributed by atoms with Gasteiger partial charge < -0.3 is 30.2 Å². The molecule has 0 atom stereocenters. The summed E-state index contributed by atoms with van der Waals surface area (Å²) < 4.78 is 6.67. The van der Waals surface area contributed by atoms with E-state index in [2.05, 4.69) is 12.3 Å². The third-order valence-electron chi connectivity index (χ3n) is 6.51. The first kappa shape index (κ1) is 34.6. The van der Waals surface area contributed by atoms with Crippen molar-refractivity contribution in [2.45, 2.75) is 27.3 Å².